The molecule has 0 N–H and O–H groups in total. The van der Waals surface area contributed by atoms with E-state index in [9.17, 15) is 4.79 Å². The van der Waals surface area contributed by atoms with Crippen molar-refractivity contribution in [2.75, 3.05) is 0 Å². The molecule has 0 bridgehead atoms. The Morgan fingerprint density at radius 3 is 2.90 bits per heavy atom. The maximum absolute atomic E-state index is 10.9. The summed E-state index contributed by atoms with van der Waals surface area (Å²) in [6.45, 7) is 0. The summed E-state index contributed by atoms with van der Waals surface area (Å²) < 4.78 is 4.70. The summed E-state index contributed by atoms with van der Waals surface area (Å²) in [5.74, 6) is 0.498. The molecule has 0 unspecified atom stereocenters. The largest absolute Gasteiger partial charge is 0.431 e. The molecule has 0 saturated heterocycles. The molecule has 0 radical (unpaired) electrons. The Morgan fingerprint density at radius 1 is 1.50 bits per heavy atom. The Balaban J connectivity index is 2.48. The lowest BCUT2D eigenvalue weighted by atomic mass is 10.2. The lowest BCUT2D eigenvalue weighted by molar-refractivity contribution is 0.501. The van der Waals surface area contributed by atoms with Crippen LogP contribution in [0.15, 0.2) is 27.6 Å². The van der Waals surface area contributed by atoms with Gasteiger partial charge in [0.1, 0.15) is 0 Å². The first-order valence-corrected chi connectivity index (χ1v) is 3.45. The third-order valence-corrected chi connectivity index (χ3v) is 1.78. The molecule has 52 valence electrons. The highest BCUT2D eigenvalue weighted by atomic mass is 16.4. The van der Waals surface area contributed by atoms with Crippen molar-refractivity contribution in [3.63, 3.8) is 0 Å². The highest BCUT2D eigenvalue weighted by Crippen LogP contribution is 2.37. The van der Waals surface area contributed by atoms with Crippen molar-refractivity contribution in [2.45, 2.75) is 18.8 Å². The lowest BCUT2D eigenvalue weighted by Gasteiger charge is -1.90. The Kier molecular flexibility index (Phi) is 1.13. The average molecular weight is 136 g/mol. The van der Waals surface area contributed by atoms with Gasteiger partial charge in [-0.1, -0.05) is 0 Å². The zero-order valence-electron chi connectivity index (χ0n) is 5.54. The summed E-state index contributed by atoms with van der Waals surface area (Å²) in [5, 5.41) is 0. The molecule has 10 heavy (non-hydrogen) atoms. The molecule has 2 heteroatoms. The predicted molar refractivity (Wildman–Crippen MR) is 37.0 cm³/mol. The highest BCUT2D eigenvalue weighted by Gasteiger charge is 2.26. The van der Waals surface area contributed by atoms with Crippen molar-refractivity contribution in [3.05, 3.63) is 34.4 Å². The SMILES string of the molecule is O=c1occcc1C1CC1. The molecule has 1 aromatic heterocycles. The molecule has 1 fully saturated rings. The van der Waals surface area contributed by atoms with Crippen molar-refractivity contribution >= 4 is 0 Å². The van der Waals surface area contributed by atoms with Crippen molar-refractivity contribution < 1.29 is 4.42 Å². The van der Waals surface area contributed by atoms with Gasteiger partial charge in [-0.15, -0.1) is 0 Å². The second-order valence-electron chi connectivity index (χ2n) is 2.63. The van der Waals surface area contributed by atoms with Crippen molar-refractivity contribution in [2.24, 2.45) is 0 Å². The normalized spacial score (nSPS) is 17.2. The van der Waals surface area contributed by atoms with Crippen LogP contribution in [-0.4, -0.2) is 0 Å². The van der Waals surface area contributed by atoms with Gasteiger partial charge in [-0.3, -0.25) is 0 Å². The van der Waals surface area contributed by atoms with Crippen LogP contribution in [0.3, 0.4) is 0 Å². The van der Waals surface area contributed by atoms with Gasteiger partial charge in [-0.05, 0) is 30.9 Å². The highest BCUT2D eigenvalue weighted by molar-refractivity contribution is 5.17. The maximum Gasteiger partial charge on any atom is 0.339 e. The van der Waals surface area contributed by atoms with Crippen LogP contribution >= 0.6 is 0 Å². The molecule has 0 spiro atoms. The molecule has 0 atom stereocenters. The van der Waals surface area contributed by atoms with E-state index in [4.69, 9.17) is 4.42 Å². The van der Waals surface area contributed by atoms with Crippen LogP contribution in [0.2, 0.25) is 0 Å². The van der Waals surface area contributed by atoms with Gasteiger partial charge in [0.05, 0.1) is 6.26 Å². The minimum Gasteiger partial charge on any atom is -0.431 e. The second-order valence-corrected chi connectivity index (χ2v) is 2.63. The molecule has 0 aromatic carbocycles. The third-order valence-electron chi connectivity index (χ3n) is 1.78. The minimum atomic E-state index is -0.162. The topological polar surface area (TPSA) is 30.2 Å². The van der Waals surface area contributed by atoms with E-state index in [1.807, 2.05) is 6.07 Å². The molecular weight excluding hydrogens is 128 g/mol. The molecule has 1 heterocycles. The Bertz CT molecular complexity index is 283. The summed E-state index contributed by atoms with van der Waals surface area (Å²) in [7, 11) is 0. The van der Waals surface area contributed by atoms with Gasteiger partial charge < -0.3 is 4.42 Å². The average Bonchev–Trinajstić information content (AvgIpc) is 2.71. The van der Waals surface area contributed by atoms with E-state index in [2.05, 4.69) is 0 Å². The van der Waals surface area contributed by atoms with Crippen molar-refractivity contribution in [1.82, 2.24) is 0 Å². The molecule has 1 saturated carbocycles. The van der Waals surface area contributed by atoms with Gasteiger partial charge in [0.2, 0.25) is 0 Å². The van der Waals surface area contributed by atoms with E-state index in [1.54, 1.807) is 6.07 Å². The molecule has 1 aliphatic rings. The maximum atomic E-state index is 10.9. The minimum absolute atomic E-state index is 0.162. The van der Waals surface area contributed by atoms with Gasteiger partial charge in [0, 0.05) is 5.56 Å². The van der Waals surface area contributed by atoms with Gasteiger partial charge in [-0.25, -0.2) is 4.79 Å². The van der Waals surface area contributed by atoms with E-state index in [1.165, 1.54) is 6.26 Å². The molecule has 0 aliphatic heterocycles. The molecular formula is C8H8O2. The summed E-state index contributed by atoms with van der Waals surface area (Å²) in [6.07, 6.45) is 3.72. The second kappa shape index (κ2) is 1.97. The van der Waals surface area contributed by atoms with E-state index in [0.29, 0.717) is 5.92 Å². The fourth-order valence-electron chi connectivity index (χ4n) is 1.08. The first kappa shape index (κ1) is 5.71. The lowest BCUT2D eigenvalue weighted by Crippen LogP contribution is -2.03. The summed E-state index contributed by atoms with van der Waals surface area (Å²) in [6, 6.07) is 3.62. The predicted octanol–water partition coefficient (Wildman–Crippen LogP) is 1.52. The van der Waals surface area contributed by atoms with Crippen LogP contribution in [-0.2, 0) is 0 Å². The molecule has 1 aromatic rings. The van der Waals surface area contributed by atoms with E-state index >= 15 is 0 Å². The van der Waals surface area contributed by atoms with E-state index < -0.39 is 0 Å². The zero-order chi connectivity index (χ0) is 6.97. The van der Waals surface area contributed by atoms with Gasteiger partial charge >= 0.3 is 5.63 Å². The molecule has 2 rings (SSSR count). The molecule has 0 amide bonds. The fraction of sp³-hybridized carbons (Fsp3) is 0.375. The van der Waals surface area contributed by atoms with Gasteiger partial charge in [0.25, 0.3) is 0 Å². The summed E-state index contributed by atoms with van der Waals surface area (Å²) in [5.41, 5.74) is 0.688. The third kappa shape index (κ3) is 0.856. The van der Waals surface area contributed by atoms with Crippen molar-refractivity contribution in [3.8, 4) is 0 Å². The Hall–Kier alpha value is -1.05. The fourth-order valence-corrected chi connectivity index (χ4v) is 1.08. The monoisotopic (exact) mass is 136 g/mol. The van der Waals surface area contributed by atoms with E-state index in [0.717, 1.165) is 18.4 Å². The van der Waals surface area contributed by atoms with Crippen LogP contribution in [0.25, 0.3) is 0 Å². The van der Waals surface area contributed by atoms with Crippen LogP contribution in [0.1, 0.15) is 24.3 Å². The summed E-state index contributed by atoms with van der Waals surface area (Å²) in [4.78, 5) is 10.9. The first-order chi connectivity index (χ1) is 4.88. The van der Waals surface area contributed by atoms with Crippen LogP contribution in [0.5, 0.6) is 0 Å². The number of hydrogen-bond acceptors (Lipinski definition) is 2. The van der Waals surface area contributed by atoms with Crippen LogP contribution in [0.4, 0.5) is 0 Å². The Morgan fingerprint density at radius 2 is 2.30 bits per heavy atom. The van der Waals surface area contributed by atoms with E-state index in [-0.39, 0.29) is 5.63 Å². The Labute approximate surface area is 58.5 Å². The van der Waals surface area contributed by atoms with Crippen LogP contribution in [0, 0.1) is 0 Å². The number of rotatable bonds is 1. The zero-order valence-corrected chi connectivity index (χ0v) is 5.54. The smallest absolute Gasteiger partial charge is 0.339 e. The first-order valence-electron chi connectivity index (χ1n) is 3.45. The van der Waals surface area contributed by atoms with Crippen LogP contribution < -0.4 is 5.63 Å². The summed E-state index contributed by atoms with van der Waals surface area (Å²) >= 11 is 0. The van der Waals surface area contributed by atoms with Gasteiger partial charge in [-0.2, -0.15) is 0 Å². The van der Waals surface area contributed by atoms with Crippen molar-refractivity contribution in [1.29, 1.82) is 0 Å². The quantitative estimate of drug-likeness (QED) is 0.585. The molecule has 1 aliphatic carbocycles. The molecule has 2 nitrogen and oxygen atoms in total. The van der Waals surface area contributed by atoms with Gasteiger partial charge in [0.15, 0.2) is 0 Å². The standard InChI is InChI=1S/C8H8O2/c9-8-7(6-3-4-6)2-1-5-10-8/h1-2,5-6H,3-4H2. The number of hydrogen-bond donors (Lipinski definition) is 0.